The van der Waals surface area contributed by atoms with E-state index in [9.17, 15) is 9.90 Å². The Kier molecular flexibility index (Phi) is 7.30. The molecule has 0 spiro atoms. The van der Waals surface area contributed by atoms with Gasteiger partial charge in [-0.1, -0.05) is 59.3 Å². The molecule has 0 saturated heterocycles. The van der Waals surface area contributed by atoms with Crippen molar-refractivity contribution in [3.05, 3.63) is 88.9 Å². The number of rotatable bonds is 7. The van der Waals surface area contributed by atoms with Gasteiger partial charge in [0.05, 0.1) is 22.1 Å². The van der Waals surface area contributed by atoms with Gasteiger partial charge in [0.15, 0.2) is 0 Å². The number of aromatic amines is 1. The van der Waals surface area contributed by atoms with Gasteiger partial charge in [-0.3, -0.25) is 4.79 Å². The van der Waals surface area contributed by atoms with Crippen LogP contribution in [0, 0.1) is 6.92 Å². The molecule has 9 heteroatoms. The molecule has 1 aromatic heterocycles. The first kappa shape index (κ1) is 23.5. The van der Waals surface area contributed by atoms with E-state index in [-0.39, 0.29) is 17.4 Å². The first-order chi connectivity index (χ1) is 16.4. The largest absolute Gasteiger partial charge is 0.872 e. The highest BCUT2D eigenvalue weighted by atomic mass is 35.5. The van der Waals surface area contributed by atoms with E-state index in [0.717, 1.165) is 22.6 Å². The van der Waals surface area contributed by atoms with Crippen molar-refractivity contribution in [2.75, 3.05) is 5.75 Å². The first-order valence-corrected chi connectivity index (χ1v) is 11.8. The molecule has 4 rings (SSSR count). The molecule has 0 aliphatic rings. The third kappa shape index (κ3) is 5.47. The molecule has 0 bridgehead atoms. The minimum Gasteiger partial charge on any atom is -0.872 e. The van der Waals surface area contributed by atoms with Gasteiger partial charge in [0.1, 0.15) is 5.69 Å². The number of halogens is 1. The highest BCUT2D eigenvalue weighted by Crippen LogP contribution is 2.22. The van der Waals surface area contributed by atoms with Crippen molar-refractivity contribution in [1.82, 2.24) is 15.6 Å². The van der Waals surface area contributed by atoms with E-state index < -0.39 is 0 Å². The number of benzene rings is 3. The SMILES string of the molecule is C/C(=N/NC(=O)CSc1n[nH]c(-c2ccc(Cl)cc2)[n+]1-c1ccc(C)cc1)c1ccccc1[O-]. The lowest BCUT2D eigenvalue weighted by molar-refractivity contribution is -0.625. The number of nitrogens with zero attached hydrogens (tertiary/aromatic N) is 3. The Balaban J connectivity index is 1.54. The van der Waals surface area contributed by atoms with Gasteiger partial charge in [0.25, 0.3) is 11.7 Å². The second kappa shape index (κ2) is 10.5. The van der Waals surface area contributed by atoms with Gasteiger partial charge in [0, 0.05) is 5.02 Å². The van der Waals surface area contributed by atoms with Gasteiger partial charge in [0.2, 0.25) is 0 Å². The Bertz CT molecular complexity index is 1330. The average Bonchev–Trinajstić information content (AvgIpc) is 3.26. The van der Waals surface area contributed by atoms with Crippen LogP contribution in [0.5, 0.6) is 5.75 Å². The van der Waals surface area contributed by atoms with E-state index in [1.807, 2.05) is 60.0 Å². The molecule has 0 unspecified atom stereocenters. The summed E-state index contributed by atoms with van der Waals surface area (Å²) in [5.41, 5.74) is 6.38. The summed E-state index contributed by atoms with van der Waals surface area (Å²) in [7, 11) is 0. The van der Waals surface area contributed by atoms with Crippen LogP contribution in [-0.4, -0.2) is 27.6 Å². The standard InChI is InChI=1S/C25H22ClN5O2S/c1-16-7-13-20(14-8-16)31-24(18-9-11-19(26)12-10-18)29-30-25(31)34-15-23(33)28-27-17(2)21-5-3-4-6-22(21)32/h3-14H,15H2,1-2H3,(H2,27,28,32,33). The molecule has 7 nitrogen and oxygen atoms in total. The van der Waals surface area contributed by atoms with Crippen molar-refractivity contribution in [2.24, 2.45) is 5.10 Å². The van der Waals surface area contributed by atoms with Gasteiger partial charge >= 0.3 is 5.16 Å². The van der Waals surface area contributed by atoms with E-state index in [2.05, 4.69) is 20.7 Å². The van der Waals surface area contributed by atoms with Crippen LogP contribution in [0.25, 0.3) is 17.1 Å². The molecule has 172 valence electrons. The molecular weight excluding hydrogens is 470 g/mol. The first-order valence-electron chi connectivity index (χ1n) is 10.5. The molecule has 3 aromatic carbocycles. The summed E-state index contributed by atoms with van der Waals surface area (Å²) < 4.78 is 1.96. The van der Waals surface area contributed by atoms with Gasteiger partial charge in [-0.05, 0) is 67.6 Å². The van der Waals surface area contributed by atoms with Crippen LogP contribution in [0.4, 0.5) is 0 Å². The van der Waals surface area contributed by atoms with Crippen LogP contribution in [0.2, 0.25) is 5.02 Å². The molecule has 2 N–H and O–H groups in total. The Labute approximate surface area is 206 Å². The Morgan fingerprint density at radius 3 is 2.53 bits per heavy atom. The predicted octanol–water partition coefficient (Wildman–Crippen LogP) is 4.02. The smallest absolute Gasteiger partial charge is 0.342 e. The minimum atomic E-state index is -0.306. The maximum absolute atomic E-state index is 12.5. The van der Waals surface area contributed by atoms with Gasteiger partial charge in [-0.15, -0.1) is 5.10 Å². The second-order valence-electron chi connectivity index (χ2n) is 7.55. The molecule has 4 aromatic rings. The molecule has 0 fully saturated rings. The second-order valence-corrected chi connectivity index (χ2v) is 8.93. The van der Waals surface area contributed by atoms with Crippen LogP contribution in [-0.2, 0) is 4.79 Å². The summed E-state index contributed by atoms with van der Waals surface area (Å²) in [4.78, 5) is 12.5. The lowest BCUT2D eigenvalue weighted by Gasteiger charge is -2.12. The lowest BCUT2D eigenvalue weighted by atomic mass is 10.1. The monoisotopic (exact) mass is 491 g/mol. The van der Waals surface area contributed by atoms with Gasteiger partial charge < -0.3 is 5.11 Å². The predicted molar refractivity (Wildman–Crippen MR) is 132 cm³/mol. The number of para-hydroxylation sites is 1. The van der Waals surface area contributed by atoms with Gasteiger partial charge in [-0.2, -0.15) is 9.67 Å². The summed E-state index contributed by atoms with van der Waals surface area (Å²) in [5, 5.41) is 24.8. The van der Waals surface area contributed by atoms with Gasteiger partial charge in [-0.25, -0.2) is 5.43 Å². The quantitative estimate of drug-likeness (QED) is 0.176. The van der Waals surface area contributed by atoms with Crippen LogP contribution < -0.4 is 15.1 Å². The Morgan fingerprint density at radius 2 is 1.82 bits per heavy atom. The maximum atomic E-state index is 12.5. The number of hydrogen-bond donors (Lipinski definition) is 2. The molecule has 34 heavy (non-hydrogen) atoms. The van der Waals surface area contributed by atoms with E-state index >= 15 is 0 Å². The number of hydrazone groups is 1. The average molecular weight is 492 g/mol. The van der Waals surface area contributed by atoms with Crippen LogP contribution in [0.15, 0.2) is 83.1 Å². The molecule has 0 atom stereocenters. The zero-order valence-corrected chi connectivity index (χ0v) is 20.2. The number of carbonyl (C=O) groups is 1. The highest BCUT2D eigenvalue weighted by Gasteiger charge is 2.24. The normalized spacial score (nSPS) is 11.4. The molecule has 1 amide bonds. The molecule has 0 aliphatic carbocycles. The lowest BCUT2D eigenvalue weighted by Crippen LogP contribution is -2.34. The number of H-pyrrole nitrogens is 1. The molecule has 0 radical (unpaired) electrons. The van der Waals surface area contributed by atoms with Crippen LogP contribution >= 0.6 is 23.4 Å². The number of aryl methyl sites for hydroxylation is 1. The van der Waals surface area contributed by atoms with Crippen molar-refractivity contribution in [1.29, 1.82) is 0 Å². The van der Waals surface area contributed by atoms with E-state index in [4.69, 9.17) is 11.6 Å². The number of thioether (sulfide) groups is 1. The van der Waals surface area contributed by atoms with E-state index in [1.54, 1.807) is 25.1 Å². The summed E-state index contributed by atoms with van der Waals surface area (Å²) in [6.07, 6.45) is 0. The molecular formula is C25H22ClN5O2S. The highest BCUT2D eigenvalue weighted by molar-refractivity contribution is 7.99. The third-order valence-corrected chi connectivity index (χ3v) is 6.23. The summed E-state index contributed by atoms with van der Waals surface area (Å²) in [6, 6.07) is 22.1. The fraction of sp³-hybridized carbons (Fsp3) is 0.120. The van der Waals surface area contributed by atoms with Crippen molar-refractivity contribution in [3.63, 3.8) is 0 Å². The summed E-state index contributed by atoms with van der Waals surface area (Å²) >= 11 is 7.33. The van der Waals surface area contributed by atoms with Crippen molar-refractivity contribution < 1.29 is 14.5 Å². The van der Waals surface area contributed by atoms with Crippen molar-refractivity contribution in [3.8, 4) is 22.8 Å². The fourth-order valence-corrected chi connectivity index (χ4v) is 4.15. The summed E-state index contributed by atoms with van der Waals surface area (Å²) in [6.45, 7) is 3.71. The van der Waals surface area contributed by atoms with Crippen LogP contribution in [0.1, 0.15) is 18.1 Å². The topological polar surface area (TPSA) is 97.1 Å². The maximum Gasteiger partial charge on any atom is 0.342 e. The van der Waals surface area contributed by atoms with Crippen molar-refractivity contribution >= 4 is 35.0 Å². The van der Waals surface area contributed by atoms with Crippen molar-refractivity contribution in [2.45, 2.75) is 19.0 Å². The third-order valence-electron chi connectivity index (χ3n) is 5.04. The zero-order valence-electron chi connectivity index (χ0n) is 18.6. The number of hydrogen-bond acceptors (Lipinski definition) is 5. The number of amides is 1. The minimum absolute atomic E-state index is 0.0899. The number of aromatic nitrogens is 3. The zero-order chi connectivity index (χ0) is 24.1. The molecule has 0 saturated carbocycles. The molecule has 0 aliphatic heterocycles. The van der Waals surface area contributed by atoms with E-state index in [1.165, 1.54) is 17.8 Å². The molecule has 1 heterocycles. The summed E-state index contributed by atoms with van der Waals surface area (Å²) in [5.74, 6) is 0.411. The fourth-order valence-electron chi connectivity index (χ4n) is 3.26. The van der Waals surface area contributed by atoms with Crippen LogP contribution in [0.3, 0.4) is 0 Å². The number of carbonyl (C=O) groups excluding carboxylic acids is 1. The Hall–Kier alpha value is -3.62. The Morgan fingerprint density at radius 1 is 1.12 bits per heavy atom. The number of nitrogens with one attached hydrogen (secondary N) is 2. The van der Waals surface area contributed by atoms with E-state index in [0.29, 0.717) is 21.5 Å².